The van der Waals surface area contributed by atoms with E-state index in [0.717, 1.165) is 6.42 Å². The molecule has 0 spiro atoms. The van der Waals surface area contributed by atoms with Crippen LogP contribution in [0.15, 0.2) is 0 Å². The van der Waals surface area contributed by atoms with E-state index in [1.807, 2.05) is 0 Å². The Labute approximate surface area is 111 Å². The quantitative estimate of drug-likeness (QED) is 0.594. The maximum atomic E-state index is 11.9. The van der Waals surface area contributed by atoms with Crippen molar-refractivity contribution in [1.82, 2.24) is 4.90 Å². The number of hydrogen-bond acceptors (Lipinski definition) is 4. The summed E-state index contributed by atoms with van der Waals surface area (Å²) in [4.78, 5) is 34.4. The third-order valence-corrected chi connectivity index (χ3v) is 3.35. The number of amides is 1. The van der Waals surface area contributed by atoms with Crippen molar-refractivity contribution in [2.24, 2.45) is 11.7 Å². The van der Waals surface area contributed by atoms with Gasteiger partial charge in [-0.05, 0) is 25.2 Å². The van der Waals surface area contributed by atoms with Crippen molar-refractivity contribution >= 4 is 17.8 Å². The third-order valence-electron chi connectivity index (χ3n) is 3.35. The zero-order chi connectivity index (χ0) is 14.4. The van der Waals surface area contributed by atoms with Gasteiger partial charge in [0.25, 0.3) is 0 Å². The van der Waals surface area contributed by atoms with E-state index in [9.17, 15) is 14.4 Å². The van der Waals surface area contributed by atoms with Gasteiger partial charge in [-0.2, -0.15) is 0 Å². The van der Waals surface area contributed by atoms with E-state index in [4.69, 9.17) is 15.9 Å². The van der Waals surface area contributed by atoms with E-state index in [1.54, 1.807) is 4.90 Å². The molecule has 1 aliphatic rings. The molecule has 7 heteroatoms. The van der Waals surface area contributed by atoms with Crippen molar-refractivity contribution in [2.45, 2.75) is 38.1 Å². The highest BCUT2D eigenvalue weighted by molar-refractivity contribution is 5.82. The first kappa shape index (κ1) is 15.4. The topological polar surface area (TPSA) is 121 Å². The summed E-state index contributed by atoms with van der Waals surface area (Å²) in [5.74, 6) is -1.84. The van der Waals surface area contributed by atoms with E-state index in [-0.39, 0.29) is 31.1 Å². The molecule has 0 radical (unpaired) electrons. The Bertz CT molecular complexity index is 358. The molecular weight excluding hydrogens is 252 g/mol. The number of aliphatic carboxylic acids is 2. The second-order valence-electron chi connectivity index (χ2n) is 4.91. The Hall–Kier alpha value is -1.63. The molecule has 108 valence electrons. The molecule has 0 aromatic heterocycles. The Morgan fingerprint density at radius 1 is 1.21 bits per heavy atom. The van der Waals surface area contributed by atoms with Gasteiger partial charge >= 0.3 is 11.9 Å². The fraction of sp³-hybridized carbons (Fsp3) is 0.750. The second kappa shape index (κ2) is 7.08. The standard InChI is InChI=1S/C12H20N2O5/c13-9(2-4-11(17)18)12(19)14-6-5-8(7-14)1-3-10(15)16/h8-9H,1-7,13H2,(H,15,16)(H,17,18). The van der Waals surface area contributed by atoms with Crippen molar-refractivity contribution in [3.05, 3.63) is 0 Å². The molecule has 0 aromatic rings. The average Bonchev–Trinajstić information content (AvgIpc) is 2.81. The Morgan fingerprint density at radius 2 is 1.84 bits per heavy atom. The molecular formula is C12H20N2O5. The molecule has 1 saturated heterocycles. The molecule has 1 aliphatic heterocycles. The van der Waals surface area contributed by atoms with Gasteiger partial charge in [-0.3, -0.25) is 14.4 Å². The molecule has 0 saturated carbocycles. The van der Waals surface area contributed by atoms with Crippen LogP contribution in [0.4, 0.5) is 0 Å². The van der Waals surface area contributed by atoms with Crippen LogP contribution in [0.2, 0.25) is 0 Å². The number of rotatable bonds is 7. The van der Waals surface area contributed by atoms with Gasteiger partial charge in [0.05, 0.1) is 6.04 Å². The third kappa shape index (κ3) is 5.25. The van der Waals surface area contributed by atoms with Crippen LogP contribution in [0.3, 0.4) is 0 Å². The molecule has 7 nitrogen and oxygen atoms in total. The number of nitrogens with zero attached hydrogens (tertiary/aromatic N) is 1. The van der Waals surface area contributed by atoms with Gasteiger partial charge in [-0.1, -0.05) is 0 Å². The molecule has 1 rings (SSSR count). The van der Waals surface area contributed by atoms with Gasteiger partial charge in [0.15, 0.2) is 0 Å². The first-order valence-corrected chi connectivity index (χ1v) is 6.38. The maximum absolute atomic E-state index is 11.9. The first-order valence-electron chi connectivity index (χ1n) is 6.38. The smallest absolute Gasteiger partial charge is 0.303 e. The highest BCUT2D eigenvalue weighted by atomic mass is 16.4. The molecule has 1 heterocycles. The molecule has 2 atom stereocenters. The number of carboxylic acid groups (broad SMARTS) is 2. The van der Waals surface area contributed by atoms with Gasteiger partial charge < -0.3 is 20.8 Å². The van der Waals surface area contributed by atoms with Crippen molar-refractivity contribution in [3.63, 3.8) is 0 Å². The minimum atomic E-state index is -0.969. The lowest BCUT2D eigenvalue weighted by molar-refractivity contribution is -0.138. The van der Waals surface area contributed by atoms with Crippen LogP contribution in [-0.2, 0) is 14.4 Å². The summed E-state index contributed by atoms with van der Waals surface area (Å²) in [5, 5.41) is 17.1. The summed E-state index contributed by atoms with van der Waals surface area (Å²) in [6, 6.07) is -0.783. The lowest BCUT2D eigenvalue weighted by Crippen LogP contribution is -2.42. The van der Waals surface area contributed by atoms with Crippen molar-refractivity contribution in [2.75, 3.05) is 13.1 Å². The second-order valence-corrected chi connectivity index (χ2v) is 4.91. The normalized spacial score (nSPS) is 20.3. The van der Waals surface area contributed by atoms with Gasteiger partial charge in [-0.15, -0.1) is 0 Å². The minimum absolute atomic E-state index is 0.109. The summed E-state index contributed by atoms with van der Waals surface area (Å²) < 4.78 is 0. The molecule has 1 fully saturated rings. The molecule has 4 N–H and O–H groups in total. The van der Waals surface area contributed by atoms with Crippen LogP contribution in [0, 0.1) is 5.92 Å². The van der Waals surface area contributed by atoms with Crippen molar-refractivity contribution < 1.29 is 24.6 Å². The number of hydrogen-bond donors (Lipinski definition) is 3. The fourth-order valence-electron chi connectivity index (χ4n) is 2.23. The lowest BCUT2D eigenvalue weighted by atomic mass is 10.0. The molecule has 1 amide bonds. The zero-order valence-corrected chi connectivity index (χ0v) is 10.7. The van der Waals surface area contributed by atoms with E-state index in [2.05, 4.69) is 0 Å². The maximum Gasteiger partial charge on any atom is 0.303 e. The van der Waals surface area contributed by atoms with Crippen LogP contribution < -0.4 is 5.73 Å². The number of nitrogens with two attached hydrogens (primary N) is 1. The van der Waals surface area contributed by atoms with E-state index in [1.165, 1.54) is 0 Å². The molecule has 0 bridgehead atoms. The fourth-order valence-corrected chi connectivity index (χ4v) is 2.23. The van der Waals surface area contributed by atoms with Crippen LogP contribution in [0.5, 0.6) is 0 Å². The zero-order valence-electron chi connectivity index (χ0n) is 10.7. The molecule has 0 aliphatic carbocycles. The minimum Gasteiger partial charge on any atom is -0.481 e. The highest BCUT2D eigenvalue weighted by Crippen LogP contribution is 2.21. The van der Waals surface area contributed by atoms with E-state index < -0.39 is 18.0 Å². The predicted octanol–water partition coefficient (Wildman–Crippen LogP) is -0.108. The van der Waals surface area contributed by atoms with Crippen LogP contribution in [0.25, 0.3) is 0 Å². The summed E-state index contributed by atoms with van der Waals surface area (Å²) in [5.41, 5.74) is 5.66. The average molecular weight is 272 g/mol. The first-order chi connectivity index (χ1) is 8.90. The number of carboxylic acids is 2. The molecule has 2 unspecified atom stereocenters. The number of carbonyl (C=O) groups excluding carboxylic acids is 1. The van der Waals surface area contributed by atoms with Crippen LogP contribution >= 0.6 is 0 Å². The van der Waals surface area contributed by atoms with Gasteiger partial charge in [-0.25, -0.2) is 0 Å². The van der Waals surface area contributed by atoms with E-state index in [0.29, 0.717) is 19.5 Å². The summed E-state index contributed by atoms with van der Waals surface area (Å²) >= 11 is 0. The van der Waals surface area contributed by atoms with Gasteiger partial charge in [0, 0.05) is 25.9 Å². The Morgan fingerprint density at radius 3 is 2.42 bits per heavy atom. The van der Waals surface area contributed by atoms with Crippen molar-refractivity contribution in [3.8, 4) is 0 Å². The molecule has 0 aromatic carbocycles. The SMILES string of the molecule is NC(CCC(=O)O)C(=O)N1CCC(CCC(=O)O)C1. The predicted molar refractivity (Wildman–Crippen MR) is 66.4 cm³/mol. The van der Waals surface area contributed by atoms with E-state index >= 15 is 0 Å². The number of carbonyl (C=O) groups is 3. The summed E-state index contributed by atoms with van der Waals surface area (Å²) in [7, 11) is 0. The van der Waals surface area contributed by atoms with Gasteiger partial charge in [0.1, 0.15) is 0 Å². The molecule has 19 heavy (non-hydrogen) atoms. The van der Waals surface area contributed by atoms with Crippen molar-refractivity contribution in [1.29, 1.82) is 0 Å². The van der Waals surface area contributed by atoms with Crippen LogP contribution in [-0.4, -0.2) is 52.1 Å². The highest BCUT2D eigenvalue weighted by Gasteiger charge is 2.29. The van der Waals surface area contributed by atoms with Gasteiger partial charge in [0.2, 0.25) is 5.91 Å². The van der Waals surface area contributed by atoms with Crippen LogP contribution in [0.1, 0.15) is 32.1 Å². The summed E-state index contributed by atoms with van der Waals surface area (Å²) in [6.45, 7) is 1.09. The Kier molecular flexibility index (Phi) is 5.75. The largest absolute Gasteiger partial charge is 0.481 e. The Balaban J connectivity index is 2.34. The monoisotopic (exact) mass is 272 g/mol. The summed E-state index contributed by atoms with van der Waals surface area (Å²) in [6.07, 6.45) is 1.46. The number of likely N-dealkylation sites (tertiary alicyclic amines) is 1. The lowest BCUT2D eigenvalue weighted by Gasteiger charge is -2.20.